The maximum atomic E-state index is 13.8. The predicted octanol–water partition coefficient (Wildman–Crippen LogP) is 6.47. The van der Waals surface area contributed by atoms with Gasteiger partial charge in [-0.2, -0.15) is 0 Å². The molecule has 3 aromatic carbocycles. The number of rotatable bonds is 6. The minimum Gasteiger partial charge on any atom is -0.495 e. The minimum atomic E-state index is -0.354. The van der Waals surface area contributed by atoms with Crippen LogP contribution in [0.1, 0.15) is 35.3 Å². The number of thioether (sulfide) groups is 1. The summed E-state index contributed by atoms with van der Waals surface area (Å²) in [6, 6.07) is 21.9. The molecule has 0 saturated carbocycles. The molecule has 1 saturated heterocycles. The van der Waals surface area contributed by atoms with Gasteiger partial charge in [0.1, 0.15) is 5.75 Å². The Hall–Kier alpha value is -3.56. The molecular weight excluding hydrogens is 564 g/mol. The van der Waals surface area contributed by atoms with Crippen LogP contribution in [-0.2, 0) is 4.79 Å². The molecule has 2 N–H and O–H groups in total. The molecule has 2 aliphatic heterocycles. The van der Waals surface area contributed by atoms with Gasteiger partial charge in [0, 0.05) is 28.0 Å². The Morgan fingerprint density at radius 3 is 2.66 bits per heavy atom. The number of nitrogens with one attached hydrogen (secondary N) is 2. The SMILES string of the molecule is COc1ccccc1NC(=O)C1=C(C)N=C2SCCCN2C1c1cccc(NC(=O)c2cccc(Br)c2)c1. The lowest BCUT2D eigenvalue weighted by atomic mass is 9.93. The molecule has 0 aliphatic carbocycles. The first-order valence-corrected chi connectivity index (χ1v) is 14.0. The lowest BCUT2D eigenvalue weighted by molar-refractivity contribution is -0.113. The van der Waals surface area contributed by atoms with Gasteiger partial charge in [0.2, 0.25) is 0 Å². The van der Waals surface area contributed by atoms with Gasteiger partial charge in [0.05, 0.1) is 30.1 Å². The molecule has 1 atom stereocenters. The van der Waals surface area contributed by atoms with E-state index in [9.17, 15) is 9.59 Å². The van der Waals surface area contributed by atoms with Crippen molar-refractivity contribution in [2.75, 3.05) is 30.0 Å². The van der Waals surface area contributed by atoms with Crippen molar-refractivity contribution in [2.45, 2.75) is 19.4 Å². The summed E-state index contributed by atoms with van der Waals surface area (Å²) in [5.74, 6) is 1.13. The summed E-state index contributed by atoms with van der Waals surface area (Å²) in [6.07, 6.45) is 0.986. The number of benzene rings is 3. The van der Waals surface area contributed by atoms with Crippen LogP contribution in [0.4, 0.5) is 11.4 Å². The molecule has 0 spiro atoms. The molecule has 2 amide bonds. The van der Waals surface area contributed by atoms with Crippen LogP contribution in [0.3, 0.4) is 0 Å². The quantitative estimate of drug-likeness (QED) is 0.343. The van der Waals surface area contributed by atoms with E-state index in [1.54, 1.807) is 31.0 Å². The lowest BCUT2D eigenvalue weighted by Gasteiger charge is -2.41. The number of aliphatic imine (C=N–C) groups is 1. The first kappa shape index (κ1) is 26.1. The molecule has 0 aromatic heterocycles. The number of carbonyl (C=O) groups is 2. The van der Waals surface area contributed by atoms with Crippen molar-refractivity contribution in [3.8, 4) is 5.75 Å². The number of hydrogen-bond donors (Lipinski definition) is 2. The maximum absolute atomic E-state index is 13.8. The third-order valence-electron chi connectivity index (χ3n) is 6.41. The molecule has 0 bridgehead atoms. The first-order chi connectivity index (χ1) is 18.4. The molecule has 194 valence electrons. The van der Waals surface area contributed by atoms with Crippen LogP contribution in [0.2, 0.25) is 0 Å². The van der Waals surface area contributed by atoms with Gasteiger partial charge in [-0.25, -0.2) is 4.99 Å². The molecule has 9 heteroatoms. The molecule has 0 radical (unpaired) electrons. The fourth-order valence-corrected chi connectivity index (χ4v) is 6.08. The molecular formula is C29H27BrN4O3S. The second kappa shape index (κ2) is 11.4. The van der Waals surface area contributed by atoms with Crippen molar-refractivity contribution in [1.82, 2.24) is 4.90 Å². The Morgan fingerprint density at radius 1 is 1.03 bits per heavy atom. The van der Waals surface area contributed by atoms with Crippen LogP contribution in [-0.4, -0.2) is 41.3 Å². The second-order valence-corrected chi connectivity index (χ2v) is 10.9. The van der Waals surface area contributed by atoms with Crippen LogP contribution in [0.15, 0.2) is 93.5 Å². The number of amidine groups is 1. The summed E-state index contributed by atoms with van der Waals surface area (Å²) >= 11 is 5.12. The van der Waals surface area contributed by atoms with Crippen LogP contribution in [0.5, 0.6) is 5.75 Å². The number of anilines is 2. The highest BCUT2D eigenvalue weighted by atomic mass is 79.9. The van der Waals surface area contributed by atoms with E-state index in [2.05, 4.69) is 31.5 Å². The van der Waals surface area contributed by atoms with Gasteiger partial charge in [0.15, 0.2) is 5.17 Å². The number of para-hydroxylation sites is 2. The summed E-state index contributed by atoms with van der Waals surface area (Å²) < 4.78 is 6.27. The van der Waals surface area contributed by atoms with Gasteiger partial charge in [-0.1, -0.05) is 58.0 Å². The lowest BCUT2D eigenvalue weighted by Crippen LogP contribution is -2.43. The zero-order chi connectivity index (χ0) is 26.6. The molecule has 1 unspecified atom stereocenters. The smallest absolute Gasteiger partial charge is 0.255 e. The molecule has 1 fully saturated rings. The number of carbonyl (C=O) groups excluding carboxylic acids is 2. The van der Waals surface area contributed by atoms with Gasteiger partial charge in [-0.3, -0.25) is 9.59 Å². The average Bonchev–Trinajstić information content (AvgIpc) is 2.92. The van der Waals surface area contributed by atoms with Crippen molar-refractivity contribution < 1.29 is 14.3 Å². The fourth-order valence-electron chi connectivity index (χ4n) is 4.66. The number of ether oxygens (including phenoxy) is 1. The zero-order valence-corrected chi connectivity index (χ0v) is 23.4. The maximum Gasteiger partial charge on any atom is 0.255 e. The Labute approximate surface area is 234 Å². The first-order valence-electron chi connectivity index (χ1n) is 12.2. The largest absolute Gasteiger partial charge is 0.495 e. The highest BCUT2D eigenvalue weighted by Gasteiger charge is 2.37. The summed E-state index contributed by atoms with van der Waals surface area (Å²) in [5, 5.41) is 6.95. The van der Waals surface area contributed by atoms with Crippen LogP contribution in [0.25, 0.3) is 0 Å². The molecule has 2 aliphatic rings. The Bertz CT molecular complexity index is 1450. The highest BCUT2D eigenvalue weighted by Crippen LogP contribution is 2.40. The van der Waals surface area contributed by atoms with Crippen LogP contribution < -0.4 is 15.4 Å². The van der Waals surface area contributed by atoms with Gasteiger partial charge in [-0.15, -0.1) is 0 Å². The molecule has 2 heterocycles. The molecule has 7 nitrogen and oxygen atoms in total. The van der Waals surface area contributed by atoms with Crippen molar-refractivity contribution in [1.29, 1.82) is 0 Å². The number of fused-ring (bicyclic) bond motifs is 1. The number of hydrogen-bond acceptors (Lipinski definition) is 6. The normalized spacial score (nSPS) is 16.9. The summed E-state index contributed by atoms with van der Waals surface area (Å²) in [7, 11) is 1.58. The van der Waals surface area contributed by atoms with Crippen molar-refractivity contribution in [3.05, 3.63) is 99.7 Å². The third-order valence-corrected chi connectivity index (χ3v) is 7.98. The zero-order valence-electron chi connectivity index (χ0n) is 21.0. The van der Waals surface area contributed by atoms with E-state index >= 15 is 0 Å². The number of halogens is 1. The van der Waals surface area contributed by atoms with E-state index in [1.807, 2.05) is 67.6 Å². The van der Waals surface area contributed by atoms with E-state index in [1.165, 1.54) is 0 Å². The number of allylic oxidation sites excluding steroid dienone is 1. The monoisotopic (exact) mass is 590 g/mol. The van der Waals surface area contributed by atoms with E-state index < -0.39 is 0 Å². The van der Waals surface area contributed by atoms with Crippen molar-refractivity contribution in [3.63, 3.8) is 0 Å². The van der Waals surface area contributed by atoms with E-state index in [0.717, 1.165) is 33.9 Å². The predicted molar refractivity (Wildman–Crippen MR) is 157 cm³/mol. The number of amides is 2. The second-order valence-electron chi connectivity index (χ2n) is 8.94. The van der Waals surface area contributed by atoms with Crippen molar-refractivity contribution >= 4 is 56.0 Å². The van der Waals surface area contributed by atoms with Gasteiger partial charge >= 0.3 is 0 Å². The van der Waals surface area contributed by atoms with Gasteiger partial charge in [0.25, 0.3) is 11.8 Å². The van der Waals surface area contributed by atoms with Gasteiger partial charge in [-0.05, 0) is 61.4 Å². The van der Waals surface area contributed by atoms with E-state index in [4.69, 9.17) is 9.73 Å². The fraction of sp³-hybridized carbons (Fsp3) is 0.207. The van der Waals surface area contributed by atoms with Crippen molar-refractivity contribution in [2.24, 2.45) is 4.99 Å². The van der Waals surface area contributed by atoms with E-state index in [-0.39, 0.29) is 17.9 Å². The summed E-state index contributed by atoms with van der Waals surface area (Å²) in [4.78, 5) is 33.7. The number of nitrogens with zero attached hydrogens (tertiary/aromatic N) is 2. The van der Waals surface area contributed by atoms with Gasteiger partial charge < -0.3 is 20.3 Å². The molecule has 3 aromatic rings. The molecule has 5 rings (SSSR count). The highest BCUT2D eigenvalue weighted by molar-refractivity contribution is 9.10. The van der Waals surface area contributed by atoms with Crippen LogP contribution in [0, 0.1) is 0 Å². The molecule has 38 heavy (non-hydrogen) atoms. The minimum absolute atomic E-state index is 0.205. The topological polar surface area (TPSA) is 83.0 Å². The average molecular weight is 592 g/mol. The number of methoxy groups -OCH3 is 1. The Morgan fingerprint density at radius 2 is 1.84 bits per heavy atom. The van der Waals surface area contributed by atoms with Crippen LogP contribution >= 0.6 is 27.7 Å². The summed E-state index contributed by atoms with van der Waals surface area (Å²) in [5.41, 5.74) is 3.94. The Balaban J connectivity index is 1.49. The standard InChI is InChI=1S/C29H27BrN4O3S/c1-18-25(28(36)33-23-12-3-4-13-24(23)37-2)26(34-14-7-15-38-29(34)31-18)19-8-6-11-22(17-19)32-27(35)20-9-5-10-21(30)16-20/h3-6,8-13,16-17,26H,7,14-15H2,1-2H3,(H,32,35)(H,33,36). The summed E-state index contributed by atoms with van der Waals surface area (Å²) in [6.45, 7) is 2.66. The van der Waals surface area contributed by atoms with E-state index in [0.29, 0.717) is 34.0 Å². The Kier molecular flexibility index (Phi) is 7.85. The third kappa shape index (κ3) is 5.49.